The van der Waals surface area contributed by atoms with Gasteiger partial charge in [-0.25, -0.2) is 0 Å². The molecular weight excluding hydrogens is 154 g/mol. The maximum absolute atomic E-state index is 4.30. The molecule has 1 aliphatic carbocycles. The van der Waals surface area contributed by atoms with Crippen molar-refractivity contribution in [1.29, 1.82) is 0 Å². The third-order valence-corrected chi connectivity index (χ3v) is 1.78. The van der Waals surface area contributed by atoms with Crippen LogP contribution in [0, 0.1) is 0 Å². The van der Waals surface area contributed by atoms with Crippen molar-refractivity contribution in [2.24, 2.45) is 4.99 Å². The lowest BCUT2D eigenvalue weighted by atomic mass is 10.3. The average molecular weight is 165 g/mol. The van der Waals surface area contributed by atoms with E-state index in [1.807, 2.05) is 25.2 Å². The maximum Gasteiger partial charge on any atom is 0.0755 e. The summed E-state index contributed by atoms with van der Waals surface area (Å²) in [6.45, 7) is 1.90. The van der Waals surface area contributed by atoms with Gasteiger partial charge in [0.05, 0.1) is 5.70 Å². The highest BCUT2D eigenvalue weighted by atomic mass is 32.1. The fraction of sp³-hybridized carbons (Fsp3) is 0.222. The van der Waals surface area contributed by atoms with E-state index in [0.717, 1.165) is 17.0 Å². The Morgan fingerprint density at radius 2 is 2.45 bits per heavy atom. The Morgan fingerprint density at radius 1 is 1.64 bits per heavy atom. The van der Waals surface area contributed by atoms with Crippen LogP contribution in [0.4, 0.5) is 0 Å². The zero-order valence-corrected chi connectivity index (χ0v) is 7.38. The van der Waals surface area contributed by atoms with Crippen LogP contribution in [-0.2, 0) is 0 Å². The largest absolute Gasteiger partial charge is 0.260 e. The van der Waals surface area contributed by atoms with E-state index in [-0.39, 0.29) is 0 Å². The van der Waals surface area contributed by atoms with Gasteiger partial charge in [0.15, 0.2) is 0 Å². The Labute approximate surface area is 72.6 Å². The quantitative estimate of drug-likeness (QED) is 0.453. The second-order valence-corrected chi connectivity index (χ2v) is 2.67. The van der Waals surface area contributed by atoms with Crippen molar-refractivity contribution in [3.05, 3.63) is 34.9 Å². The zero-order chi connectivity index (χ0) is 8.10. The minimum absolute atomic E-state index is 0.935. The number of allylic oxidation sites excluding steroid dienone is 4. The highest BCUT2D eigenvalue weighted by molar-refractivity contribution is 7.84. The molecule has 0 N–H and O–H groups in total. The number of hydrogen-bond donors (Lipinski definition) is 1. The van der Waals surface area contributed by atoms with Gasteiger partial charge in [0.2, 0.25) is 0 Å². The highest BCUT2D eigenvalue weighted by Crippen LogP contribution is 2.18. The zero-order valence-electron chi connectivity index (χ0n) is 6.49. The molecule has 0 fully saturated rings. The fourth-order valence-corrected chi connectivity index (χ4v) is 1.09. The van der Waals surface area contributed by atoms with E-state index in [4.69, 9.17) is 0 Å². The van der Waals surface area contributed by atoms with E-state index in [2.05, 4.69) is 23.7 Å². The third kappa shape index (κ3) is 2.39. The van der Waals surface area contributed by atoms with Gasteiger partial charge in [-0.3, -0.25) is 4.99 Å². The first-order chi connectivity index (χ1) is 5.34. The molecule has 0 bridgehead atoms. The van der Waals surface area contributed by atoms with Crippen LogP contribution in [0.15, 0.2) is 39.9 Å². The first-order valence-electron chi connectivity index (χ1n) is 3.59. The first kappa shape index (κ1) is 8.34. The molecule has 0 radical (unpaired) electrons. The van der Waals surface area contributed by atoms with Crippen molar-refractivity contribution in [2.45, 2.75) is 13.3 Å². The first-order valence-corrected chi connectivity index (χ1v) is 4.04. The average Bonchev–Trinajstić information content (AvgIpc) is 2.18. The van der Waals surface area contributed by atoms with Crippen molar-refractivity contribution < 1.29 is 0 Å². The van der Waals surface area contributed by atoms with Crippen LogP contribution < -0.4 is 0 Å². The van der Waals surface area contributed by atoms with E-state index < -0.39 is 0 Å². The molecule has 0 aromatic heterocycles. The molecular formula is C9H11NS. The van der Waals surface area contributed by atoms with Crippen molar-refractivity contribution in [3.63, 3.8) is 0 Å². The lowest BCUT2D eigenvalue weighted by Crippen LogP contribution is -1.77. The summed E-state index contributed by atoms with van der Waals surface area (Å²) in [5, 5.41) is 0. The Morgan fingerprint density at radius 3 is 3.18 bits per heavy atom. The molecule has 11 heavy (non-hydrogen) atoms. The molecule has 0 atom stereocenters. The van der Waals surface area contributed by atoms with Crippen molar-refractivity contribution in [2.75, 3.05) is 0 Å². The molecule has 0 unspecified atom stereocenters. The Kier molecular flexibility index (Phi) is 3.17. The fourth-order valence-electron chi connectivity index (χ4n) is 0.856. The van der Waals surface area contributed by atoms with Gasteiger partial charge >= 0.3 is 0 Å². The van der Waals surface area contributed by atoms with E-state index in [9.17, 15) is 0 Å². The molecule has 1 nitrogen and oxygen atoms in total. The lowest BCUT2D eigenvalue weighted by molar-refractivity contribution is 1.36. The van der Waals surface area contributed by atoms with Gasteiger partial charge in [-0.05, 0) is 19.4 Å². The van der Waals surface area contributed by atoms with Crippen molar-refractivity contribution >= 4 is 18.8 Å². The van der Waals surface area contributed by atoms with E-state index in [0.29, 0.717) is 0 Å². The predicted molar refractivity (Wildman–Crippen MR) is 53.1 cm³/mol. The molecule has 0 spiro atoms. The molecule has 0 aliphatic heterocycles. The van der Waals surface area contributed by atoms with Crippen LogP contribution in [0.25, 0.3) is 0 Å². The Balaban J connectivity index is 2.88. The summed E-state index contributed by atoms with van der Waals surface area (Å²) >= 11 is 4.30. The van der Waals surface area contributed by atoms with Crippen molar-refractivity contribution in [3.8, 4) is 0 Å². The van der Waals surface area contributed by atoms with Crippen LogP contribution in [0.5, 0.6) is 0 Å². The van der Waals surface area contributed by atoms with Gasteiger partial charge in [0.25, 0.3) is 0 Å². The minimum Gasteiger partial charge on any atom is -0.260 e. The second kappa shape index (κ2) is 4.19. The van der Waals surface area contributed by atoms with Gasteiger partial charge in [-0.1, -0.05) is 18.2 Å². The summed E-state index contributed by atoms with van der Waals surface area (Å²) < 4.78 is 0. The molecule has 0 saturated carbocycles. The summed E-state index contributed by atoms with van der Waals surface area (Å²) in [7, 11) is 0. The molecule has 0 amide bonds. The number of nitrogens with zero attached hydrogens (tertiary/aromatic N) is 1. The van der Waals surface area contributed by atoms with Gasteiger partial charge in [-0.15, -0.1) is 12.6 Å². The summed E-state index contributed by atoms with van der Waals surface area (Å²) in [6, 6.07) is 0. The number of hydrogen-bond acceptors (Lipinski definition) is 2. The molecule has 1 rings (SSSR count). The van der Waals surface area contributed by atoms with Gasteiger partial charge in [0, 0.05) is 11.1 Å². The Bertz CT molecular complexity index is 246. The summed E-state index contributed by atoms with van der Waals surface area (Å²) in [5.74, 6) is 0. The normalized spacial score (nSPS) is 18.0. The number of aliphatic imine (C=N–C) groups is 1. The molecule has 0 heterocycles. The van der Waals surface area contributed by atoms with E-state index >= 15 is 0 Å². The lowest BCUT2D eigenvalue weighted by Gasteiger charge is -1.96. The van der Waals surface area contributed by atoms with Gasteiger partial charge < -0.3 is 0 Å². The van der Waals surface area contributed by atoms with E-state index in [1.54, 1.807) is 6.21 Å². The van der Waals surface area contributed by atoms with Crippen LogP contribution in [0.1, 0.15) is 13.3 Å². The van der Waals surface area contributed by atoms with Gasteiger partial charge in [-0.2, -0.15) is 0 Å². The molecule has 0 saturated heterocycles. The highest BCUT2D eigenvalue weighted by Gasteiger charge is 1.97. The smallest absolute Gasteiger partial charge is 0.0755 e. The molecule has 2 heteroatoms. The topological polar surface area (TPSA) is 12.4 Å². The standard InChI is InChI=1S/C9H11NS/c1-2-10-8-6-4-3-5-7-9(8)11/h2-4,6-7,11H,5H2,1H3. The second-order valence-electron chi connectivity index (χ2n) is 2.19. The van der Waals surface area contributed by atoms with Crippen LogP contribution in [0.3, 0.4) is 0 Å². The summed E-state index contributed by atoms with van der Waals surface area (Å²) in [6.07, 6.45) is 10.8. The van der Waals surface area contributed by atoms with Gasteiger partial charge in [0.1, 0.15) is 0 Å². The SMILES string of the molecule is CC=NC1=CC=CCC=C1S. The number of rotatable bonds is 1. The summed E-state index contributed by atoms with van der Waals surface area (Å²) in [5.41, 5.74) is 0.935. The van der Waals surface area contributed by atoms with Crippen LogP contribution >= 0.6 is 12.6 Å². The van der Waals surface area contributed by atoms with Crippen molar-refractivity contribution in [1.82, 2.24) is 0 Å². The predicted octanol–water partition coefficient (Wildman–Crippen LogP) is 2.73. The molecule has 0 aromatic rings. The minimum atomic E-state index is 0.935. The third-order valence-electron chi connectivity index (χ3n) is 1.37. The summed E-state index contributed by atoms with van der Waals surface area (Å²) in [4.78, 5) is 5.12. The maximum atomic E-state index is 4.30. The van der Waals surface area contributed by atoms with Crippen LogP contribution in [-0.4, -0.2) is 6.21 Å². The van der Waals surface area contributed by atoms with Crippen LogP contribution in [0.2, 0.25) is 0 Å². The molecule has 0 aromatic carbocycles. The monoisotopic (exact) mass is 165 g/mol. The van der Waals surface area contributed by atoms with E-state index in [1.165, 1.54) is 0 Å². The Hall–Kier alpha value is -0.760. The molecule has 58 valence electrons. The molecule has 1 aliphatic rings. The number of thiol groups is 1.